The van der Waals surface area contributed by atoms with E-state index in [0.717, 1.165) is 38.5 Å². The lowest BCUT2D eigenvalue weighted by molar-refractivity contribution is 0.0681. The summed E-state index contributed by atoms with van der Waals surface area (Å²) in [6, 6.07) is 0.357. The fourth-order valence-electron chi connectivity index (χ4n) is 3.99. The molecule has 27 heavy (non-hydrogen) atoms. The number of nitrogens with one attached hydrogen (secondary N) is 2. The molecule has 0 spiro atoms. The van der Waals surface area contributed by atoms with Crippen LogP contribution in [-0.4, -0.2) is 52.4 Å². The zero-order valence-corrected chi connectivity index (χ0v) is 16.1. The number of nitrogens with two attached hydrogens (primary N) is 1. The summed E-state index contributed by atoms with van der Waals surface area (Å²) < 4.78 is 5.41. The number of anilines is 2. The van der Waals surface area contributed by atoms with Crippen LogP contribution in [0.25, 0.3) is 0 Å². The van der Waals surface area contributed by atoms with E-state index < -0.39 is 5.91 Å². The van der Waals surface area contributed by atoms with Crippen LogP contribution in [0.4, 0.5) is 11.8 Å². The van der Waals surface area contributed by atoms with Crippen molar-refractivity contribution in [1.29, 1.82) is 0 Å². The fraction of sp³-hybridized carbons (Fsp3) is 0.737. The number of nitrogens with zero attached hydrogens (tertiary/aromatic N) is 2. The van der Waals surface area contributed by atoms with Gasteiger partial charge in [0.05, 0.1) is 17.8 Å². The van der Waals surface area contributed by atoms with Gasteiger partial charge in [0.15, 0.2) is 0 Å². The Kier molecular flexibility index (Phi) is 6.49. The average molecular weight is 377 g/mol. The van der Waals surface area contributed by atoms with E-state index in [4.69, 9.17) is 10.5 Å². The van der Waals surface area contributed by atoms with Crippen LogP contribution < -0.4 is 16.4 Å². The Morgan fingerprint density at radius 1 is 1.19 bits per heavy atom. The highest BCUT2D eigenvalue weighted by molar-refractivity contribution is 5.97. The highest BCUT2D eigenvalue weighted by atomic mass is 16.5. The van der Waals surface area contributed by atoms with Crippen molar-refractivity contribution in [2.45, 2.75) is 76.2 Å². The van der Waals surface area contributed by atoms with E-state index in [-0.39, 0.29) is 17.7 Å². The first-order valence-electron chi connectivity index (χ1n) is 9.87. The van der Waals surface area contributed by atoms with E-state index in [1.807, 2.05) is 0 Å². The normalized spacial score (nSPS) is 31.3. The van der Waals surface area contributed by atoms with E-state index in [2.05, 4.69) is 27.5 Å². The summed E-state index contributed by atoms with van der Waals surface area (Å²) >= 11 is 0. The molecule has 0 aromatic carbocycles. The Morgan fingerprint density at radius 3 is 2.52 bits per heavy atom. The summed E-state index contributed by atoms with van der Waals surface area (Å²) in [6.45, 7) is 2.06. The van der Waals surface area contributed by atoms with Crippen molar-refractivity contribution in [3.8, 4) is 0 Å². The maximum absolute atomic E-state index is 11.8. The second-order valence-corrected chi connectivity index (χ2v) is 7.87. The van der Waals surface area contributed by atoms with Crippen molar-refractivity contribution < 1.29 is 14.6 Å². The third kappa shape index (κ3) is 5.07. The van der Waals surface area contributed by atoms with E-state index >= 15 is 0 Å². The molecular weight excluding hydrogens is 346 g/mol. The van der Waals surface area contributed by atoms with Gasteiger partial charge in [0.2, 0.25) is 5.95 Å². The quantitative estimate of drug-likeness (QED) is 0.597. The number of hydrogen-bond acceptors (Lipinski definition) is 7. The lowest BCUT2D eigenvalue weighted by atomic mass is 9.85. The van der Waals surface area contributed by atoms with Gasteiger partial charge >= 0.3 is 0 Å². The van der Waals surface area contributed by atoms with Gasteiger partial charge in [-0.3, -0.25) is 4.79 Å². The molecule has 3 atom stereocenters. The fourth-order valence-corrected chi connectivity index (χ4v) is 3.99. The number of rotatable bonds is 6. The van der Waals surface area contributed by atoms with Crippen LogP contribution in [0.1, 0.15) is 62.2 Å². The molecule has 1 aromatic heterocycles. The molecule has 0 aliphatic heterocycles. The molecule has 5 N–H and O–H groups in total. The summed E-state index contributed by atoms with van der Waals surface area (Å²) in [6.07, 6.45) is 7.96. The summed E-state index contributed by atoms with van der Waals surface area (Å²) in [4.78, 5) is 20.6. The maximum atomic E-state index is 11.8. The Labute approximate surface area is 160 Å². The minimum atomic E-state index is -0.561. The van der Waals surface area contributed by atoms with Gasteiger partial charge in [-0.15, -0.1) is 0 Å². The van der Waals surface area contributed by atoms with Crippen molar-refractivity contribution in [1.82, 2.24) is 9.97 Å². The van der Waals surface area contributed by atoms with Crippen LogP contribution in [0.2, 0.25) is 0 Å². The van der Waals surface area contributed by atoms with E-state index in [1.54, 1.807) is 7.11 Å². The van der Waals surface area contributed by atoms with Gasteiger partial charge in [-0.2, -0.15) is 4.98 Å². The third-order valence-electron chi connectivity index (χ3n) is 5.89. The Hall–Kier alpha value is -1.93. The zero-order valence-electron chi connectivity index (χ0n) is 16.1. The number of methoxy groups -OCH3 is 1. The molecule has 8 nitrogen and oxygen atoms in total. The van der Waals surface area contributed by atoms with E-state index in [1.165, 1.54) is 6.20 Å². The Morgan fingerprint density at radius 2 is 1.89 bits per heavy atom. The van der Waals surface area contributed by atoms with Crippen LogP contribution >= 0.6 is 0 Å². The molecule has 8 heteroatoms. The smallest absolute Gasteiger partial charge is 0.254 e. The molecule has 2 aliphatic rings. The van der Waals surface area contributed by atoms with Crippen molar-refractivity contribution in [2.75, 3.05) is 17.7 Å². The minimum absolute atomic E-state index is 0.0641. The standard InChI is InChI=1S/C19H31N5O3/c1-11-3-4-13(9-16(11)25)22-18-15(17(20)26)10-21-19(24-18)23-12-5-7-14(27-2)8-6-12/h10-14,16,25H,3-9H2,1-2H3,(H2,20,26)(H2,21,22,23,24)/t11-,12-,13+,14-,16-/m0/s1. The lowest BCUT2D eigenvalue weighted by Gasteiger charge is -2.32. The molecule has 1 heterocycles. The first-order valence-corrected chi connectivity index (χ1v) is 9.87. The predicted octanol–water partition coefficient (Wildman–Crippen LogP) is 1.91. The van der Waals surface area contributed by atoms with Gasteiger partial charge in [-0.1, -0.05) is 6.92 Å². The molecule has 3 rings (SSSR count). The molecule has 0 radical (unpaired) electrons. The van der Waals surface area contributed by atoms with Crippen LogP contribution in [0.15, 0.2) is 6.20 Å². The molecule has 150 valence electrons. The van der Waals surface area contributed by atoms with Crippen molar-refractivity contribution in [2.24, 2.45) is 11.7 Å². The summed E-state index contributed by atoms with van der Waals surface area (Å²) in [7, 11) is 1.75. The summed E-state index contributed by atoms with van der Waals surface area (Å²) in [5, 5.41) is 16.8. The third-order valence-corrected chi connectivity index (χ3v) is 5.89. The SMILES string of the molecule is CO[C@H]1CC[C@H](Nc2ncc(C(N)=O)c(N[C@@H]3CC[C@H](C)[C@@H](O)C3)n2)CC1. The van der Waals surface area contributed by atoms with Crippen molar-refractivity contribution in [3.63, 3.8) is 0 Å². The van der Waals surface area contributed by atoms with E-state index in [0.29, 0.717) is 36.3 Å². The average Bonchev–Trinajstić information content (AvgIpc) is 2.65. The van der Waals surface area contributed by atoms with Crippen LogP contribution in [0.3, 0.4) is 0 Å². The molecular formula is C19H31N5O3. The number of aliphatic hydroxyl groups excluding tert-OH is 1. The molecule has 2 fully saturated rings. The number of primary amides is 1. The maximum Gasteiger partial charge on any atom is 0.254 e. The largest absolute Gasteiger partial charge is 0.393 e. The zero-order chi connectivity index (χ0) is 19.4. The van der Waals surface area contributed by atoms with Crippen LogP contribution in [-0.2, 0) is 4.74 Å². The molecule has 0 unspecified atom stereocenters. The van der Waals surface area contributed by atoms with Gasteiger partial charge in [0.25, 0.3) is 5.91 Å². The number of carbonyl (C=O) groups excluding carboxylic acids is 1. The number of amides is 1. The van der Waals surface area contributed by atoms with Gasteiger partial charge in [0.1, 0.15) is 5.82 Å². The lowest BCUT2D eigenvalue weighted by Crippen LogP contribution is -2.36. The summed E-state index contributed by atoms with van der Waals surface area (Å²) in [5.74, 6) is 0.670. The highest BCUT2D eigenvalue weighted by Gasteiger charge is 2.27. The van der Waals surface area contributed by atoms with E-state index in [9.17, 15) is 9.90 Å². The molecule has 2 aliphatic carbocycles. The molecule has 1 aromatic rings. The number of hydrogen-bond donors (Lipinski definition) is 4. The Balaban J connectivity index is 1.68. The minimum Gasteiger partial charge on any atom is -0.393 e. The van der Waals surface area contributed by atoms with Crippen molar-refractivity contribution >= 4 is 17.7 Å². The Bertz CT molecular complexity index is 648. The second kappa shape index (κ2) is 8.84. The van der Waals surface area contributed by atoms with Crippen LogP contribution in [0.5, 0.6) is 0 Å². The van der Waals surface area contributed by atoms with Gasteiger partial charge in [0, 0.05) is 25.4 Å². The molecule has 0 bridgehead atoms. The first-order chi connectivity index (χ1) is 13.0. The first kappa shape index (κ1) is 19.8. The summed E-state index contributed by atoms with van der Waals surface area (Å²) in [5.41, 5.74) is 5.77. The number of carbonyl (C=O) groups is 1. The van der Waals surface area contributed by atoms with Gasteiger partial charge < -0.3 is 26.2 Å². The monoisotopic (exact) mass is 377 g/mol. The second-order valence-electron chi connectivity index (χ2n) is 7.87. The van der Waals surface area contributed by atoms with Gasteiger partial charge in [-0.25, -0.2) is 4.98 Å². The topological polar surface area (TPSA) is 122 Å². The molecule has 1 amide bonds. The number of aromatic nitrogens is 2. The number of aliphatic hydroxyl groups is 1. The van der Waals surface area contributed by atoms with Gasteiger partial charge in [-0.05, 0) is 50.9 Å². The molecule has 2 saturated carbocycles. The van der Waals surface area contributed by atoms with Crippen LogP contribution in [0, 0.1) is 5.92 Å². The van der Waals surface area contributed by atoms with Crippen molar-refractivity contribution in [3.05, 3.63) is 11.8 Å². The highest BCUT2D eigenvalue weighted by Crippen LogP contribution is 2.28. The molecule has 0 saturated heterocycles. The predicted molar refractivity (Wildman–Crippen MR) is 104 cm³/mol. The number of ether oxygens (including phenoxy) is 1.